The first kappa shape index (κ1) is 14.8. The summed E-state index contributed by atoms with van der Waals surface area (Å²) in [5.74, 6) is 1.88. The van der Waals surface area contributed by atoms with Crippen LogP contribution in [0, 0.1) is 13.8 Å². The molecular weight excluding hydrogens is 248 g/mol. The van der Waals surface area contributed by atoms with Gasteiger partial charge in [0, 0.05) is 18.7 Å². The molecule has 0 aliphatic heterocycles. The van der Waals surface area contributed by atoms with Gasteiger partial charge in [0.2, 0.25) is 0 Å². The van der Waals surface area contributed by atoms with Gasteiger partial charge in [0.05, 0.1) is 5.69 Å². The quantitative estimate of drug-likeness (QED) is 0.869. The second-order valence-corrected chi connectivity index (χ2v) is 5.61. The molecule has 3 heteroatoms. The zero-order chi connectivity index (χ0) is 14.5. The van der Waals surface area contributed by atoms with E-state index in [1.165, 1.54) is 11.1 Å². The van der Waals surface area contributed by atoms with Crippen molar-refractivity contribution in [1.29, 1.82) is 0 Å². The van der Waals surface area contributed by atoms with Crippen molar-refractivity contribution in [1.82, 2.24) is 10.5 Å². The summed E-state index contributed by atoms with van der Waals surface area (Å²) in [6.07, 6.45) is 0. The Hall–Kier alpha value is -1.61. The Labute approximate surface area is 121 Å². The van der Waals surface area contributed by atoms with E-state index in [0.717, 1.165) is 24.5 Å². The molecule has 0 spiro atoms. The Kier molecular flexibility index (Phi) is 4.96. The average Bonchev–Trinajstić information content (AvgIpc) is 2.79. The first-order valence-corrected chi connectivity index (χ1v) is 7.28. The molecule has 2 aromatic rings. The van der Waals surface area contributed by atoms with Crippen LogP contribution >= 0.6 is 0 Å². The molecule has 0 saturated carbocycles. The zero-order valence-corrected chi connectivity index (χ0v) is 12.8. The Morgan fingerprint density at radius 3 is 2.30 bits per heavy atom. The zero-order valence-electron chi connectivity index (χ0n) is 12.8. The van der Waals surface area contributed by atoms with E-state index in [1.54, 1.807) is 0 Å². The fraction of sp³-hybridized carbons (Fsp3) is 0.471. The lowest BCUT2D eigenvalue weighted by Gasteiger charge is -2.16. The molecular formula is C17H24N2O. The highest BCUT2D eigenvalue weighted by Crippen LogP contribution is 2.22. The van der Waals surface area contributed by atoms with Gasteiger partial charge < -0.3 is 9.84 Å². The molecule has 0 radical (unpaired) electrons. The molecule has 0 aliphatic carbocycles. The molecule has 0 unspecified atom stereocenters. The van der Waals surface area contributed by atoms with Crippen molar-refractivity contribution in [2.45, 2.75) is 39.5 Å². The van der Waals surface area contributed by atoms with E-state index < -0.39 is 0 Å². The maximum Gasteiger partial charge on any atom is 0.137 e. The van der Waals surface area contributed by atoms with Crippen LogP contribution in [0.5, 0.6) is 0 Å². The van der Waals surface area contributed by atoms with Crippen LogP contribution < -0.4 is 5.32 Å². The lowest BCUT2D eigenvalue weighted by Crippen LogP contribution is -2.25. The van der Waals surface area contributed by atoms with Crippen molar-refractivity contribution >= 4 is 0 Å². The van der Waals surface area contributed by atoms with Crippen LogP contribution in [0.15, 0.2) is 34.9 Å². The summed E-state index contributed by atoms with van der Waals surface area (Å²) in [5.41, 5.74) is 3.63. The number of hydrogen-bond donors (Lipinski definition) is 1. The van der Waals surface area contributed by atoms with E-state index in [-0.39, 0.29) is 0 Å². The van der Waals surface area contributed by atoms with Gasteiger partial charge in [-0.25, -0.2) is 0 Å². The Balaban J connectivity index is 1.84. The van der Waals surface area contributed by atoms with E-state index >= 15 is 0 Å². The number of benzene rings is 1. The summed E-state index contributed by atoms with van der Waals surface area (Å²) < 4.78 is 5.24. The third-order valence-electron chi connectivity index (χ3n) is 3.85. The van der Waals surface area contributed by atoms with E-state index in [0.29, 0.717) is 11.8 Å². The molecule has 0 amide bonds. The highest BCUT2D eigenvalue weighted by atomic mass is 16.5. The maximum atomic E-state index is 5.24. The molecule has 1 aromatic heterocycles. The number of hydrogen-bond acceptors (Lipinski definition) is 3. The number of aromatic nitrogens is 1. The van der Waals surface area contributed by atoms with Crippen molar-refractivity contribution in [3.63, 3.8) is 0 Å². The predicted octanol–water partition coefficient (Wildman–Crippen LogP) is 3.79. The monoisotopic (exact) mass is 272 g/mol. The van der Waals surface area contributed by atoms with Gasteiger partial charge in [0.15, 0.2) is 0 Å². The van der Waals surface area contributed by atoms with Crippen molar-refractivity contribution in [3.8, 4) is 0 Å². The van der Waals surface area contributed by atoms with Gasteiger partial charge in [-0.15, -0.1) is 0 Å². The summed E-state index contributed by atoms with van der Waals surface area (Å²) in [5, 5.41) is 7.58. The minimum atomic E-state index is 0.421. The second kappa shape index (κ2) is 6.71. The van der Waals surface area contributed by atoms with Gasteiger partial charge >= 0.3 is 0 Å². The lowest BCUT2D eigenvalue weighted by atomic mass is 9.98. The minimum absolute atomic E-state index is 0.421. The van der Waals surface area contributed by atoms with Gasteiger partial charge in [0.1, 0.15) is 5.76 Å². The molecule has 1 aromatic carbocycles. The molecule has 0 fully saturated rings. The number of aryl methyl sites for hydroxylation is 2. The largest absolute Gasteiger partial charge is 0.361 e. The fourth-order valence-electron chi connectivity index (χ4n) is 2.71. The van der Waals surface area contributed by atoms with Crippen LogP contribution in [0.25, 0.3) is 0 Å². The average molecular weight is 272 g/mol. The van der Waals surface area contributed by atoms with Crippen molar-refractivity contribution in [3.05, 3.63) is 52.9 Å². The molecule has 20 heavy (non-hydrogen) atoms. The standard InChI is InChI=1S/C17H24N2O/c1-12(16-8-6-5-7-9-16)10-18-11-13(2)17-14(3)19-20-15(17)4/h5-9,12-13,18H,10-11H2,1-4H3/t12-,13+/m1/s1. The number of rotatable bonds is 6. The molecule has 0 aliphatic rings. The normalized spacial score (nSPS) is 14.2. The van der Waals surface area contributed by atoms with Gasteiger partial charge in [-0.05, 0) is 31.2 Å². The molecule has 1 N–H and O–H groups in total. The molecule has 108 valence electrons. The topological polar surface area (TPSA) is 38.1 Å². The van der Waals surface area contributed by atoms with Gasteiger partial charge in [0.25, 0.3) is 0 Å². The van der Waals surface area contributed by atoms with Crippen LogP contribution in [0.2, 0.25) is 0 Å². The molecule has 0 bridgehead atoms. The van der Waals surface area contributed by atoms with E-state index in [4.69, 9.17) is 4.52 Å². The highest BCUT2D eigenvalue weighted by Gasteiger charge is 2.16. The Morgan fingerprint density at radius 1 is 1.05 bits per heavy atom. The van der Waals surface area contributed by atoms with Gasteiger partial charge in [-0.2, -0.15) is 0 Å². The summed E-state index contributed by atoms with van der Waals surface area (Å²) in [7, 11) is 0. The summed E-state index contributed by atoms with van der Waals surface area (Å²) in [4.78, 5) is 0. The molecule has 2 atom stereocenters. The van der Waals surface area contributed by atoms with Crippen LogP contribution in [-0.2, 0) is 0 Å². The fourth-order valence-corrected chi connectivity index (χ4v) is 2.71. The predicted molar refractivity (Wildman–Crippen MR) is 82.1 cm³/mol. The Bertz CT molecular complexity index is 514. The van der Waals surface area contributed by atoms with Crippen molar-refractivity contribution in [2.75, 3.05) is 13.1 Å². The van der Waals surface area contributed by atoms with Crippen LogP contribution in [0.3, 0.4) is 0 Å². The van der Waals surface area contributed by atoms with E-state index in [9.17, 15) is 0 Å². The highest BCUT2D eigenvalue weighted by molar-refractivity contribution is 5.25. The molecule has 3 nitrogen and oxygen atoms in total. The van der Waals surface area contributed by atoms with Gasteiger partial charge in [-0.1, -0.05) is 49.3 Å². The van der Waals surface area contributed by atoms with Crippen LogP contribution in [-0.4, -0.2) is 18.2 Å². The molecule has 2 rings (SSSR count). The molecule has 0 saturated heterocycles. The third-order valence-corrected chi connectivity index (χ3v) is 3.85. The second-order valence-electron chi connectivity index (χ2n) is 5.61. The van der Waals surface area contributed by atoms with Gasteiger partial charge in [-0.3, -0.25) is 0 Å². The van der Waals surface area contributed by atoms with Crippen LogP contribution in [0.4, 0.5) is 0 Å². The van der Waals surface area contributed by atoms with E-state index in [1.807, 2.05) is 13.8 Å². The Morgan fingerprint density at radius 2 is 1.70 bits per heavy atom. The SMILES string of the molecule is Cc1noc(C)c1[C@@H](C)CNC[C@@H](C)c1ccccc1. The minimum Gasteiger partial charge on any atom is -0.361 e. The lowest BCUT2D eigenvalue weighted by molar-refractivity contribution is 0.391. The van der Waals surface area contributed by atoms with Crippen molar-refractivity contribution in [2.24, 2.45) is 0 Å². The maximum absolute atomic E-state index is 5.24. The van der Waals surface area contributed by atoms with E-state index in [2.05, 4.69) is 54.7 Å². The third kappa shape index (κ3) is 3.48. The first-order valence-electron chi connectivity index (χ1n) is 7.28. The summed E-state index contributed by atoms with van der Waals surface area (Å²) >= 11 is 0. The summed E-state index contributed by atoms with van der Waals surface area (Å²) in [6, 6.07) is 10.6. The number of nitrogens with one attached hydrogen (secondary N) is 1. The smallest absolute Gasteiger partial charge is 0.137 e. The molecule has 1 heterocycles. The van der Waals surface area contributed by atoms with Crippen LogP contribution in [0.1, 0.15) is 48.3 Å². The first-order chi connectivity index (χ1) is 9.59. The van der Waals surface area contributed by atoms with Crippen molar-refractivity contribution < 1.29 is 4.52 Å². The summed E-state index contributed by atoms with van der Waals surface area (Å²) in [6.45, 7) is 10.4. The number of nitrogens with zero attached hydrogens (tertiary/aromatic N) is 1.